The zero-order valence-electron chi connectivity index (χ0n) is 19.8. The van der Waals surface area contributed by atoms with Crippen LogP contribution in [0.1, 0.15) is 51.9 Å². The number of likely N-dealkylation sites (N-methyl/N-ethyl adjacent to an activating group) is 1. The van der Waals surface area contributed by atoms with Gasteiger partial charge in [-0.2, -0.15) is 4.91 Å². The number of unbranched alkanes of at least 4 members (excludes halogenated alkanes) is 1. The largest absolute Gasteiger partial charge is 0.489 e. The van der Waals surface area contributed by atoms with Crippen LogP contribution < -0.4 is 10.1 Å². The van der Waals surface area contributed by atoms with E-state index in [2.05, 4.69) is 15.2 Å². The second-order valence-corrected chi connectivity index (χ2v) is 9.05. The number of nitroso groups, excluding NO2 is 1. The zero-order valence-corrected chi connectivity index (χ0v) is 19.8. The zero-order chi connectivity index (χ0) is 24.3. The highest BCUT2D eigenvalue weighted by Crippen LogP contribution is 2.40. The van der Waals surface area contributed by atoms with Gasteiger partial charge in [-0.25, -0.2) is 4.39 Å². The Kier molecular flexibility index (Phi) is 10.9. The lowest BCUT2D eigenvalue weighted by Gasteiger charge is -2.32. The number of carbonyl (C=O) groups is 1. The first-order valence-corrected chi connectivity index (χ1v) is 11.6. The molecule has 8 heteroatoms. The van der Waals surface area contributed by atoms with Crippen molar-refractivity contribution < 1.29 is 23.8 Å². The number of methoxy groups -OCH3 is 1. The Hall–Kier alpha value is -2.32. The van der Waals surface area contributed by atoms with Crippen LogP contribution >= 0.6 is 0 Å². The molecule has 1 unspecified atom stereocenters. The third-order valence-corrected chi connectivity index (χ3v) is 6.73. The Morgan fingerprint density at radius 2 is 2.09 bits per heavy atom. The number of aliphatic hydroxyl groups excluding tert-OH is 1. The second kappa shape index (κ2) is 13.4. The normalized spacial score (nSPS) is 24.5. The molecule has 33 heavy (non-hydrogen) atoms. The first-order valence-electron chi connectivity index (χ1n) is 11.6. The van der Waals surface area contributed by atoms with Crippen molar-refractivity contribution >= 4 is 5.97 Å². The van der Waals surface area contributed by atoms with Crippen molar-refractivity contribution in [2.45, 2.75) is 69.6 Å². The van der Waals surface area contributed by atoms with E-state index in [4.69, 9.17) is 4.74 Å². The molecular formula is C25H37FN2O5. The number of esters is 1. The summed E-state index contributed by atoms with van der Waals surface area (Å²) in [5, 5.41) is 17.1. The molecule has 0 saturated heterocycles. The van der Waals surface area contributed by atoms with E-state index in [0.717, 1.165) is 6.42 Å². The average molecular weight is 465 g/mol. The number of nitrogens with zero attached hydrogens (tertiary/aromatic N) is 1. The van der Waals surface area contributed by atoms with E-state index in [9.17, 15) is 19.2 Å². The maximum absolute atomic E-state index is 13.9. The number of nitrogens with one attached hydrogen (secondary N) is 1. The van der Waals surface area contributed by atoms with Gasteiger partial charge in [0, 0.05) is 12.0 Å². The van der Waals surface area contributed by atoms with Gasteiger partial charge in [-0.05, 0) is 76.5 Å². The summed E-state index contributed by atoms with van der Waals surface area (Å²) in [6.07, 6.45) is 7.68. The molecule has 1 aliphatic carbocycles. The van der Waals surface area contributed by atoms with Gasteiger partial charge in [0.05, 0.1) is 19.3 Å². The number of hydrogen-bond acceptors (Lipinski definition) is 7. The second-order valence-electron chi connectivity index (χ2n) is 9.05. The number of carbonyl (C=O) groups excluding carboxylic acids is 1. The van der Waals surface area contributed by atoms with Gasteiger partial charge in [0.1, 0.15) is 6.61 Å². The van der Waals surface area contributed by atoms with Gasteiger partial charge >= 0.3 is 5.97 Å². The first kappa shape index (κ1) is 26.9. The number of hydrogen-bond donors (Lipinski definition) is 2. The number of allylic oxidation sites excluding steroid dienone is 2. The smallest absolute Gasteiger partial charge is 0.305 e. The Bertz CT molecular complexity index is 790. The van der Waals surface area contributed by atoms with Crippen molar-refractivity contribution in [3.63, 3.8) is 0 Å². The molecule has 0 spiro atoms. The van der Waals surface area contributed by atoms with Crippen molar-refractivity contribution in [3.05, 3.63) is 47.1 Å². The van der Waals surface area contributed by atoms with Gasteiger partial charge in [-0.3, -0.25) is 4.79 Å². The number of rotatable bonds is 14. The van der Waals surface area contributed by atoms with E-state index >= 15 is 0 Å². The fourth-order valence-electron chi connectivity index (χ4n) is 4.42. The number of para-hydroxylation sites is 1. The molecule has 0 bridgehead atoms. The quantitative estimate of drug-likeness (QED) is 0.184. The molecule has 0 heterocycles. The molecule has 1 fully saturated rings. The Balaban J connectivity index is 1.92. The number of halogens is 1. The number of ether oxygens (including phenoxy) is 2. The SMILES string of the molecule is CN[C@](C)(CC[C@H]1C(N=O)C[C@H](O)[C@@H]1CC=CCCCC(=O)OC)COc1ccccc1F. The van der Waals surface area contributed by atoms with Crippen molar-refractivity contribution in [2.24, 2.45) is 17.0 Å². The fourth-order valence-corrected chi connectivity index (χ4v) is 4.42. The Morgan fingerprint density at radius 3 is 2.76 bits per heavy atom. The molecule has 0 amide bonds. The predicted molar refractivity (Wildman–Crippen MR) is 125 cm³/mol. The summed E-state index contributed by atoms with van der Waals surface area (Å²) in [4.78, 5) is 22.6. The van der Waals surface area contributed by atoms with E-state index in [0.29, 0.717) is 38.5 Å². The molecule has 1 aliphatic rings. The van der Waals surface area contributed by atoms with E-state index in [1.807, 2.05) is 26.1 Å². The van der Waals surface area contributed by atoms with Crippen molar-refractivity contribution in [3.8, 4) is 5.75 Å². The number of benzene rings is 1. The van der Waals surface area contributed by atoms with Gasteiger partial charge in [0.15, 0.2) is 11.6 Å². The molecule has 0 aliphatic heterocycles. The summed E-state index contributed by atoms with van der Waals surface area (Å²) in [6.45, 7) is 2.27. The molecule has 184 valence electrons. The number of aliphatic hydroxyl groups is 1. The third kappa shape index (κ3) is 8.19. The van der Waals surface area contributed by atoms with E-state index in [1.54, 1.807) is 18.2 Å². The maximum atomic E-state index is 13.9. The molecule has 1 aromatic carbocycles. The topological polar surface area (TPSA) is 97.2 Å². The molecule has 1 saturated carbocycles. The summed E-state index contributed by atoms with van der Waals surface area (Å²) < 4.78 is 24.2. The highest BCUT2D eigenvalue weighted by Gasteiger charge is 2.43. The first-order chi connectivity index (χ1) is 15.8. The molecule has 7 nitrogen and oxygen atoms in total. The van der Waals surface area contributed by atoms with Crippen molar-refractivity contribution in [1.82, 2.24) is 5.32 Å². The average Bonchev–Trinajstić information content (AvgIpc) is 3.13. The summed E-state index contributed by atoms with van der Waals surface area (Å²) >= 11 is 0. The standard InChI is InChI=1S/C25H37FN2O5/c1-25(27-2,17-33-23-12-9-8-11-20(23)26)15-14-18-19(22(29)16-21(18)28-31)10-6-4-5-7-13-24(30)32-3/h4,6,8-9,11-12,18-19,21-22,27,29H,5,7,10,13-17H2,1-3H3/t18-,19-,21?,22+,25-/m1/s1. The van der Waals surface area contributed by atoms with Crippen LogP contribution in [0.5, 0.6) is 5.75 Å². The molecule has 5 atom stereocenters. The highest BCUT2D eigenvalue weighted by molar-refractivity contribution is 5.69. The van der Waals surface area contributed by atoms with Crippen molar-refractivity contribution in [1.29, 1.82) is 0 Å². The predicted octanol–water partition coefficient (Wildman–Crippen LogP) is 4.38. The van der Waals surface area contributed by atoms with Crippen LogP contribution in [-0.4, -0.2) is 49.5 Å². The van der Waals surface area contributed by atoms with Crippen LogP contribution in [0.15, 0.2) is 41.6 Å². The Morgan fingerprint density at radius 1 is 1.33 bits per heavy atom. The minimum atomic E-state index is -0.576. The lowest BCUT2D eigenvalue weighted by Crippen LogP contribution is -2.46. The van der Waals surface area contributed by atoms with Crippen LogP contribution in [-0.2, 0) is 9.53 Å². The van der Waals surface area contributed by atoms with Crippen LogP contribution in [0, 0.1) is 22.6 Å². The van der Waals surface area contributed by atoms with Crippen LogP contribution in [0.2, 0.25) is 0 Å². The van der Waals surface area contributed by atoms with E-state index < -0.39 is 23.5 Å². The van der Waals surface area contributed by atoms with Gasteiger partial charge in [-0.15, -0.1) is 0 Å². The monoisotopic (exact) mass is 464 g/mol. The van der Waals surface area contributed by atoms with Crippen molar-refractivity contribution in [2.75, 3.05) is 20.8 Å². The van der Waals surface area contributed by atoms with E-state index in [-0.39, 0.29) is 30.2 Å². The van der Waals surface area contributed by atoms with E-state index in [1.165, 1.54) is 13.2 Å². The summed E-state index contributed by atoms with van der Waals surface area (Å²) in [7, 11) is 3.21. The van der Waals surface area contributed by atoms with Gasteiger partial charge in [-0.1, -0.05) is 29.5 Å². The third-order valence-electron chi connectivity index (χ3n) is 6.73. The summed E-state index contributed by atoms with van der Waals surface area (Å²) in [6, 6.07) is 5.87. The lowest BCUT2D eigenvalue weighted by molar-refractivity contribution is -0.140. The molecule has 0 aromatic heterocycles. The Labute approximate surface area is 195 Å². The van der Waals surface area contributed by atoms with Crippen LogP contribution in [0.3, 0.4) is 0 Å². The summed E-state index contributed by atoms with van der Waals surface area (Å²) in [5.74, 6) is -0.519. The van der Waals surface area contributed by atoms with Crippen LogP contribution in [0.25, 0.3) is 0 Å². The molecule has 2 N–H and O–H groups in total. The molecule has 1 aromatic rings. The molecule has 0 radical (unpaired) electrons. The van der Waals surface area contributed by atoms with Gasteiger partial charge in [0.25, 0.3) is 0 Å². The fraction of sp³-hybridized carbons (Fsp3) is 0.640. The molecule has 2 rings (SSSR count). The molecular weight excluding hydrogens is 427 g/mol. The summed E-state index contributed by atoms with van der Waals surface area (Å²) in [5.41, 5.74) is -0.433. The highest BCUT2D eigenvalue weighted by atomic mass is 19.1. The minimum Gasteiger partial charge on any atom is -0.489 e. The minimum absolute atomic E-state index is 0.0432. The lowest BCUT2D eigenvalue weighted by atomic mass is 9.82. The van der Waals surface area contributed by atoms with Gasteiger partial charge in [0.2, 0.25) is 0 Å². The van der Waals surface area contributed by atoms with Gasteiger partial charge < -0.3 is 19.9 Å². The van der Waals surface area contributed by atoms with Crippen LogP contribution in [0.4, 0.5) is 4.39 Å². The maximum Gasteiger partial charge on any atom is 0.305 e.